The van der Waals surface area contributed by atoms with Gasteiger partial charge in [0.2, 0.25) is 0 Å². The summed E-state index contributed by atoms with van der Waals surface area (Å²) in [4.78, 5) is 12.0. The zero-order valence-electron chi connectivity index (χ0n) is 23.6. The molecule has 0 saturated heterocycles. The number of carboxylic acids is 1. The molecule has 6 heteroatoms. The maximum atomic E-state index is 10.9. The summed E-state index contributed by atoms with van der Waals surface area (Å²) in [6.45, 7) is 7.64. The van der Waals surface area contributed by atoms with Crippen molar-refractivity contribution in [3.05, 3.63) is 89.0 Å². The van der Waals surface area contributed by atoms with Crippen molar-refractivity contribution < 1.29 is 15.0 Å². The van der Waals surface area contributed by atoms with Crippen LogP contribution in [-0.4, -0.2) is 52.3 Å². The number of aliphatic hydroxyl groups is 1. The van der Waals surface area contributed by atoms with Crippen LogP contribution in [0.4, 0.5) is 0 Å². The molecule has 1 atom stereocenters. The number of carboxylic acid groups (broad SMARTS) is 1. The third kappa shape index (κ3) is 8.67. The number of nitrogens with one attached hydrogen (secondary N) is 1. The van der Waals surface area contributed by atoms with Gasteiger partial charge in [0.05, 0.1) is 6.10 Å². The second-order valence-corrected chi connectivity index (χ2v) is 12.9. The minimum atomic E-state index is -0.771. The number of likely N-dealkylation sites (N-methyl/N-ethyl adjacent to an activating group) is 1. The summed E-state index contributed by atoms with van der Waals surface area (Å²) >= 11 is 1.63. The Morgan fingerprint density at radius 1 is 1.05 bits per heavy atom. The van der Waals surface area contributed by atoms with Crippen molar-refractivity contribution in [1.29, 1.82) is 0 Å². The first-order chi connectivity index (χ1) is 18.6. The number of fused-ring (bicyclic) bond motifs is 1. The van der Waals surface area contributed by atoms with Crippen molar-refractivity contribution in [2.75, 3.05) is 20.1 Å². The molecule has 0 spiro atoms. The lowest BCUT2D eigenvalue weighted by molar-refractivity contribution is -0.136. The molecule has 3 aromatic carbocycles. The summed E-state index contributed by atoms with van der Waals surface area (Å²) < 4.78 is 2.09. The van der Waals surface area contributed by atoms with Gasteiger partial charge in [-0.25, -0.2) is 4.31 Å². The van der Waals surface area contributed by atoms with Crippen LogP contribution in [0.2, 0.25) is 0 Å². The van der Waals surface area contributed by atoms with Gasteiger partial charge in [-0.1, -0.05) is 54.6 Å². The Balaban J connectivity index is 1.25. The Morgan fingerprint density at radius 3 is 2.41 bits per heavy atom. The number of rotatable bonds is 13. The molecule has 0 aliphatic heterocycles. The summed E-state index contributed by atoms with van der Waals surface area (Å²) in [5.41, 5.74) is 7.38. The lowest BCUT2D eigenvalue weighted by Crippen LogP contribution is -2.46. The van der Waals surface area contributed by atoms with Gasteiger partial charge in [-0.2, -0.15) is 0 Å². The van der Waals surface area contributed by atoms with E-state index in [2.05, 4.69) is 84.1 Å². The molecule has 0 amide bonds. The summed E-state index contributed by atoms with van der Waals surface area (Å²) in [7, 11) is 2.02. The number of carbonyl (C=O) groups is 1. The number of nitrogens with zero attached hydrogens (tertiary/aromatic N) is 1. The molecule has 5 nitrogen and oxygen atoms in total. The highest BCUT2D eigenvalue weighted by Gasteiger charge is 2.28. The van der Waals surface area contributed by atoms with Gasteiger partial charge in [-0.15, -0.1) is 0 Å². The first kappa shape index (κ1) is 29.3. The second kappa shape index (κ2) is 13.1. The molecule has 0 aromatic heterocycles. The molecule has 39 heavy (non-hydrogen) atoms. The van der Waals surface area contributed by atoms with Crippen LogP contribution in [0.25, 0.3) is 11.1 Å². The monoisotopic (exact) mass is 546 g/mol. The molecular formula is C33H42N2O3S. The van der Waals surface area contributed by atoms with Gasteiger partial charge < -0.3 is 15.5 Å². The number of hydrogen-bond donors (Lipinski definition) is 3. The molecule has 0 heterocycles. The minimum Gasteiger partial charge on any atom is -0.481 e. The molecule has 1 aliphatic rings. The number of aliphatic carboxylic acids is 1. The number of aryl methyl sites for hydroxylation is 2. The third-order valence-corrected chi connectivity index (χ3v) is 8.52. The van der Waals surface area contributed by atoms with Crippen LogP contribution in [0.3, 0.4) is 0 Å². The maximum Gasteiger partial charge on any atom is 0.303 e. The van der Waals surface area contributed by atoms with Crippen LogP contribution in [0.1, 0.15) is 48.9 Å². The zero-order valence-corrected chi connectivity index (χ0v) is 24.4. The number of aliphatic hydroxyl groups excluding tert-OH is 1. The Morgan fingerprint density at radius 2 is 1.74 bits per heavy atom. The highest BCUT2D eigenvalue weighted by molar-refractivity contribution is 7.97. The highest BCUT2D eigenvalue weighted by atomic mass is 32.2. The first-order valence-corrected chi connectivity index (χ1v) is 14.7. The largest absolute Gasteiger partial charge is 0.481 e. The smallest absolute Gasteiger partial charge is 0.303 e. The van der Waals surface area contributed by atoms with Crippen LogP contribution in [0, 0.1) is 12.8 Å². The van der Waals surface area contributed by atoms with Gasteiger partial charge in [0.1, 0.15) is 0 Å². The fourth-order valence-electron chi connectivity index (χ4n) is 5.69. The molecular weight excluding hydrogens is 504 g/mol. The zero-order chi connectivity index (χ0) is 28.0. The predicted octanol–water partition coefficient (Wildman–Crippen LogP) is 6.15. The van der Waals surface area contributed by atoms with Crippen LogP contribution in [0.5, 0.6) is 0 Å². The first-order valence-electron chi connectivity index (χ1n) is 13.9. The summed E-state index contributed by atoms with van der Waals surface area (Å²) in [6.07, 6.45) is 3.61. The third-order valence-electron chi connectivity index (χ3n) is 7.60. The topological polar surface area (TPSA) is 72.8 Å². The molecule has 208 valence electrons. The highest BCUT2D eigenvalue weighted by Crippen LogP contribution is 2.32. The normalized spacial score (nSPS) is 14.5. The van der Waals surface area contributed by atoms with E-state index in [0.29, 0.717) is 25.4 Å². The lowest BCUT2D eigenvalue weighted by atomic mass is 9.88. The van der Waals surface area contributed by atoms with E-state index in [0.717, 1.165) is 46.4 Å². The molecule has 0 unspecified atom stereocenters. The summed E-state index contributed by atoms with van der Waals surface area (Å²) in [5, 5.41) is 23.4. The van der Waals surface area contributed by atoms with Crippen LogP contribution < -0.4 is 5.32 Å². The van der Waals surface area contributed by atoms with E-state index in [1.54, 1.807) is 11.9 Å². The quantitative estimate of drug-likeness (QED) is 0.223. The molecule has 3 N–H and O–H groups in total. The molecule has 0 bridgehead atoms. The number of benzene rings is 3. The fourth-order valence-corrected chi connectivity index (χ4v) is 6.62. The second-order valence-electron chi connectivity index (χ2n) is 11.6. The van der Waals surface area contributed by atoms with E-state index in [-0.39, 0.29) is 12.0 Å². The minimum absolute atomic E-state index is 0.0327. The predicted molar refractivity (Wildman–Crippen MR) is 161 cm³/mol. The average Bonchev–Trinajstić information content (AvgIpc) is 3.28. The van der Waals surface area contributed by atoms with Gasteiger partial charge in [-0.3, -0.25) is 4.79 Å². The Bertz CT molecular complexity index is 1250. The van der Waals surface area contributed by atoms with Crippen molar-refractivity contribution in [3.63, 3.8) is 0 Å². The molecule has 0 radical (unpaired) electrons. The summed E-state index contributed by atoms with van der Waals surface area (Å²) in [6, 6.07) is 23.4. The van der Waals surface area contributed by atoms with Crippen molar-refractivity contribution >= 4 is 17.9 Å². The van der Waals surface area contributed by atoms with Crippen molar-refractivity contribution in [1.82, 2.24) is 9.62 Å². The van der Waals surface area contributed by atoms with Crippen molar-refractivity contribution in [3.8, 4) is 11.1 Å². The molecule has 1 aliphatic carbocycles. The van der Waals surface area contributed by atoms with E-state index in [1.807, 2.05) is 20.0 Å². The van der Waals surface area contributed by atoms with Gasteiger partial charge in [0.15, 0.2) is 0 Å². The van der Waals surface area contributed by atoms with Gasteiger partial charge in [-0.05, 0) is 117 Å². The SMILES string of the molecule is Cc1cc(-c2cccc(SN(C)C[C@H](O)CNC(C)(C)CC3Cc4ccccc4C3)c2)ccc1CCC(=O)O. The number of hydrogen-bond acceptors (Lipinski definition) is 5. The van der Waals surface area contributed by atoms with E-state index < -0.39 is 12.1 Å². The van der Waals surface area contributed by atoms with Gasteiger partial charge >= 0.3 is 5.97 Å². The van der Waals surface area contributed by atoms with E-state index in [4.69, 9.17) is 5.11 Å². The molecule has 4 rings (SSSR count). The van der Waals surface area contributed by atoms with Gasteiger partial charge in [0.25, 0.3) is 0 Å². The number of β-amino-alcohol motifs (C(OH)–C–C–N with tert-alkyl or cyclic N) is 1. The molecule has 3 aromatic rings. The molecule has 0 saturated carbocycles. The van der Waals surface area contributed by atoms with Crippen molar-refractivity contribution in [2.24, 2.45) is 5.92 Å². The van der Waals surface area contributed by atoms with Crippen LogP contribution >= 0.6 is 11.9 Å². The molecule has 0 fully saturated rings. The Hall–Kier alpha value is -2.64. The van der Waals surface area contributed by atoms with Crippen LogP contribution in [-0.2, 0) is 24.1 Å². The standard InChI is InChI=1S/C33H42N2O3S/c1-23-16-29(13-12-25(23)14-15-32(37)38)28-10-7-11-31(19-28)39-35(4)22-30(36)21-34-33(2,3)20-24-17-26-8-5-6-9-27(26)18-24/h5-13,16,19,24,30,34,36H,14-15,17-18,20-22H2,1-4H3,(H,37,38)/t30-/m1/s1. The maximum absolute atomic E-state index is 10.9. The van der Waals surface area contributed by atoms with Crippen LogP contribution in [0.15, 0.2) is 71.6 Å². The Labute approximate surface area is 237 Å². The lowest BCUT2D eigenvalue weighted by Gasteiger charge is -2.31. The van der Waals surface area contributed by atoms with Gasteiger partial charge in [0, 0.05) is 29.9 Å². The summed E-state index contributed by atoms with van der Waals surface area (Å²) in [5.74, 6) is -0.121. The average molecular weight is 547 g/mol. The van der Waals surface area contributed by atoms with E-state index in [9.17, 15) is 9.90 Å². The fraction of sp³-hybridized carbons (Fsp3) is 0.424. The Kier molecular flexibility index (Phi) is 9.89. The van der Waals surface area contributed by atoms with Crippen molar-refractivity contribution in [2.45, 2.75) is 69.4 Å². The van der Waals surface area contributed by atoms with E-state index >= 15 is 0 Å². The van der Waals surface area contributed by atoms with E-state index in [1.165, 1.54) is 11.1 Å².